The van der Waals surface area contributed by atoms with Gasteiger partial charge < -0.3 is 5.11 Å². The predicted octanol–water partition coefficient (Wildman–Crippen LogP) is 1.78. The Kier molecular flexibility index (Phi) is 2.77. The van der Waals surface area contributed by atoms with E-state index in [-0.39, 0.29) is 0 Å². The Hall–Kier alpha value is -1.70. The topological polar surface area (TPSA) is 20.2 Å². The highest BCUT2D eigenvalue weighted by Gasteiger charge is 1.96. The van der Waals surface area contributed by atoms with Gasteiger partial charge in [0.2, 0.25) is 0 Å². The van der Waals surface area contributed by atoms with Crippen molar-refractivity contribution >= 4 is 13.3 Å². The first-order chi connectivity index (χ1) is 7.24. The number of phenols is 1. The fraction of sp³-hybridized carbons (Fsp3) is 0.0769. The largest absolute Gasteiger partial charge is 0.508 e. The van der Waals surface area contributed by atoms with Gasteiger partial charge in [0.05, 0.1) is 0 Å². The molecule has 2 heteroatoms. The Labute approximate surface area is 90.8 Å². The average molecular weight is 194 g/mol. The summed E-state index contributed by atoms with van der Waals surface area (Å²) >= 11 is 0. The first-order valence-corrected chi connectivity index (χ1v) is 4.86. The third kappa shape index (κ3) is 2.63. The summed E-state index contributed by atoms with van der Waals surface area (Å²) in [7, 11) is 5.61. The second-order valence-corrected chi connectivity index (χ2v) is 3.58. The van der Waals surface area contributed by atoms with Gasteiger partial charge in [0.15, 0.2) is 0 Å². The summed E-state index contributed by atoms with van der Waals surface area (Å²) in [6.45, 7) is 0. The summed E-state index contributed by atoms with van der Waals surface area (Å²) < 4.78 is 0. The molecular weight excluding hydrogens is 183 g/mol. The highest BCUT2D eigenvalue weighted by Crippen LogP contribution is 2.13. The van der Waals surface area contributed by atoms with Crippen LogP contribution in [-0.4, -0.2) is 13.0 Å². The van der Waals surface area contributed by atoms with E-state index >= 15 is 0 Å². The fourth-order valence-electron chi connectivity index (χ4n) is 1.48. The van der Waals surface area contributed by atoms with Crippen LogP contribution in [0.2, 0.25) is 0 Å². The third-order valence-corrected chi connectivity index (χ3v) is 2.32. The minimum absolute atomic E-state index is 0.302. The molecule has 0 saturated heterocycles. The summed E-state index contributed by atoms with van der Waals surface area (Å²) in [4.78, 5) is 0. The van der Waals surface area contributed by atoms with Crippen LogP contribution < -0.4 is 5.46 Å². The summed E-state index contributed by atoms with van der Waals surface area (Å²) in [5, 5.41) is 9.14. The predicted molar refractivity (Wildman–Crippen MR) is 62.7 cm³/mol. The molecular formula is C13H11BO. The lowest BCUT2D eigenvalue weighted by molar-refractivity contribution is 0.475. The van der Waals surface area contributed by atoms with Crippen molar-refractivity contribution < 1.29 is 5.11 Å². The van der Waals surface area contributed by atoms with Gasteiger partial charge >= 0.3 is 0 Å². The van der Waals surface area contributed by atoms with Gasteiger partial charge in [0.1, 0.15) is 13.6 Å². The molecule has 0 saturated carbocycles. The number of aromatic hydroxyl groups is 1. The van der Waals surface area contributed by atoms with Gasteiger partial charge in [-0.2, -0.15) is 0 Å². The molecule has 0 bridgehead atoms. The molecule has 2 aromatic carbocycles. The maximum absolute atomic E-state index is 9.14. The Bertz CT molecular complexity index is 388. The van der Waals surface area contributed by atoms with Gasteiger partial charge in [-0.15, -0.1) is 0 Å². The molecule has 2 rings (SSSR count). The lowest BCUT2D eigenvalue weighted by Crippen LogP contribution is -2.00. The minimum atomic E-state index is 0.302. The number of hydrogen-bond donors (Lipinski definition) is 1. The monoisotopic (exact) mass is 194 g/mol. The van der Waals surface area contributed by atoms with E-state index in [9.17, 15) is 0 Å². The van der Waals surface area contributed by atoms with Crippen LogP contribution in [0.4, 0.5) is 0 Å². The van der Waals surface area contributed by atoms with Gasteiger partial charge in [-0.1, -0.05) is 41.9 Å². The lowest BCUT2D eigenvalue weighted by atomic mass is 9.94. The quantitative estimate of drug-likeness (QED) is 0.722. The second kappa shape index (κ2) is 4.22. The van der Waals surface area contributed by atoms with Gasteiger partial charge in [0.25, 0.3) is 0 Å². The fourth-order valence-corrected chi connectivity index (χ4v) is 1.48. The molecule has 72 valence electrons. The van der Waals surface area contributed by atoms with Crippen molar-refractivity contribution in [1.29, 1.82) is 0 Å². The molecule has 0 atom stereocenters. The molecule has 0 amide bonds. The summed E-state index contributed by atoms with van der Waals surface area (Å²) in [5.74, 6) is 0.302. The molecule has 0 fully saturated rings. The van der Waals surface area contributed by atoms with Crippen molar-refractivity contribution in [3.63, 3.8) is 0 Å². The van der Waals surface area contributed by atoms with Crippen LogP contribution in [0.5, 0.6) is 5.75 Å². The van der Waals surface area contributed by atoms with Gasteiger partial charge in [-0.3, -0.25) is 0 Å². The van der Waals surface area contributed by atoms with Crippen molar-refractivity contribution in [2.75, 3.05) is 0 Å². The van der Waals surface area contributed by atoms with E-state index in [1.165, 1.54) is 11.1 Å². The molecule has 0 spiro atoms. The van der Waals surface area contributed by atoms with E-state index in [0.717, 1.165) is 11.9 Å². The van der Waals surface area contributed by atoms with Crippen molar-refractivity contribution in [3.8, 4) is 5.75 Å². The van der Waals surface area contributed by atoms with E-state index < -0.39 is 0 Å². The smallest absolute Gasteiger partial charge is 0.115 e. The summed E-state index contributed by atoms with van der Waals surface area (Å²) in [5.41, 5.74) is 3.18. The maximum atomic E-state index is 9.14. The minimum Gasteiger partial charge on any atom is -0.508 e. The Morgan fingerprint density at radius 3 is 1.80 bits per heavy atom. The SMILES string of the molecule is [B]c1ccc(Cc2ccc(O)cc2)cc1. The Morgan fingerprint density at radius 2 is 1.27 bits per heavy atom. The van der Waals surface area contributed by atoms with Crippen molar-refractivity contribution in [2.24, 2.45) is 0 Å². The summed E-state index contributed by atoms with van der Waals surface area (Å²) in [6, 6.07) is 15.1. The van der Waals surface area contributed by atoms with Crippen LogP contribution >= 0.6 is 0 Å². The van der Waals surface area contributed by atoms with Crippen LogP contribution in [0.25, 0.3) is 0 Å². The van der Waals surface area contributed by atoms with Crippen molar-refractivity contribution in [2.45, 2.75) is 6.42 Å². The molecule has 0 aliphatic heterocycles. The lowest BCUT2D eigenvalue weighted by Gasteiger charge is -2.02. The summed E-state index contributed by atoms with van der Waals surface area (Å²) in [6.07, 6.45) is 0.862. The highest BCUT2D eigenvalue weighted by atomic mass is 16.3. The zero-order valence-corrected chi connectivity index (χ0v) is 8.35. The molecule has 2 aromatic rings. The van der Waals surface area contributed by atoms with Crippen molar-refractivity contribution in [1.82, 2.24) is 0 Å². The van der Waals surface area contributed by atoms with Crippen LogP contribution in [0.15, 0.2) is 48.5 Å². The third-order valence-electron chi connectivity index (χ3n) is 2.32. The number of benzene rings is 2. The molecule has 0 aromatic heterocycles. The van der Waals surface area contributed by atoms with E-state index in [4.69, 9.17) is 13.0 Å². The number of rotatable bonds is 2. The molecule has 0 unspecified atom stereocenters. The maximum Gasteiger partial charge on any atom is 0.115 e. The van der Waals surface area contributed by atoms with Crippen LogP contribution in [0, 0.1) is 0 Å². The van der Waals surface area contributed by atoms with E-state index in [2.05, 4.69) is 0 Å². The first kappa shape index (κ1) is 9.84. The van der Waals surface area contributed by atoms with E-state index in [1.54, 1.807) is 12.1 Å². The van der Waals surface area contributed by atoms with Gasteiger partial charge in [-0.25, -0.2) is 0 Å². The Balaban J connectivity index is 2.15. The van der Waals surface area contributed by atoms with E-state index in [0.29, 0.717) is 5.75 Å². The molecule has 2 radical (unpaired) electrons. The molecule has 0 aliphatic carbocycles. The van der Waals surface area contributed by atoms with Gasteiger partial charge in [0, 0.05) is 0 Å². The first-order valence-electron chi connectivity index (χ1n) is 4.86. The van der Waals surface area contributed by atoms with E-state index in [1.807, 2.05) is 36.4 Å². The standard InChI is InChI=1S/C13H11BO/c14-12-5-1-10(2-6-12)9-11-3-7-13(15)8-4-11/h1-8,15H,9H2. The Morgan fingerprint density at radius 1 is 0.800 bits per heavy atom. The number of phenolic OH excluding ortho intramolecular Hbond substituents is 1. The molecule has 0 heterocycles. The molecule has 1 nitrogen and oxygen atoms in total. The van der Waals surface area contributed by atoms with Crippen molar-refractivity contribution in [3.05, 3.63) is 59.7 Å². The zero-order chi connectivity index (χ0) is 10.7. The number of hydrogen-bond acceptors (Lipinski definition) is 1. The van der Waals surface area contributed by atoms with Crippen LogP contribution in [0.3, 0.4) is 0 Å². The van der Waals surface area contributed by atoms with Gasteiger partial charge in [-0.05, 0) is 29.7 Å². The molecule has 15 heavy (non-hydrogen) atoms. The van der Waals surface area contributed by atoms with Crippen LogP contribution in [-0.2, 0) is 6.42 Å². The normalized spacial score (nSPS) is 10.1. The second-order valence-electron chi connectivity index (χ2n) is 3.58. The average Bonchev–Trinajstić information content (AvgIpc) is 2.25. The molecule has 0 aliphatic rings. The highest BCUT2D eigenvalue weighted by molar-refractivity contribution is 6.32. The van der Waals surface area contributed by atoms with Crippen LogP contribution in [0.1, 0.15) is 11.1 Å². The molecule has 1 N–H and O–H groups in total. The zero-order valence-electron chi connectivity index (χ0n) is 8.35.